The third kappa shape index (κ3) is 93.9. The zero-order valence-electron chi connectivity index (χ0n) is 16.3. The second-order valence-corrected chi connectivity index (χ2v) is 9.66. The standard InChI is InChI=1S/C6H6O5.5H3O4P/c7-2-1-3(8)5(10)6(11)4(2)9;5*1-5(2,3)4/h1,7-11H;5*(H3,1,2,3,4). The molecular weight excluding hydrogens is 627 g/mol. The van der Waals surface area contributed by atoms with Crippen molar-refractivity contribution in [1.82, 2.24) is 0 Å². The molecule has 25 nitrogen and oxygen atoms in total. The largest absolute Gasteiger partial charge is 0.504 e. The molecule has 0 atom stereocenters. The van der Waals surface area contributed by atoms with E-state index in [-0.39, 0.29) is 0 Å². The first-order chi connectivity index (χ1) is 15.0. The number of phosphoric acid groups is 5. The topological polar surface area (TPSA) is 490 Å². The van der Waals surface area contributed by atoms with E-state index in [0.29, 0.717) is 6.07 Å². The molecule has 0 saturated carbocycles. The van der Waals surface area contributed by atoms with Gasteiger partial charge < -0.3 is 98.9 Å². The van der Waals surface area contributed by atoms with Gasteiger partial charge in [0.1, 0.15) is 0 Å². The van der Waals surface area contributed by atoms with E-state index in [9.17, 15) is 0 Å². The summed E-state index contributed by atoms with van der Waals surface area (Å²) in [5.41, 5.74) is 0. The van der Waals surface area contributed by atoms with Gasteiger partial charge in [0.15, 0.2) is 11.5 Å². The van der Waals surface area contributed by atoms with Gasteiger partial charge in [0.05, 0.1) is 0 Å². The first-order valence-corrected chi connectivity index (χ1v) is 14.4. The zero-order valence-corrected chi connectivity index (χ0v) is 20.8. The minimum Gasteiger partial charge on any atom is -0.504 e. The predicted octanol–water partition coefficient (Wildman–Crippen LogP) is -4.43. The van der Waals surface area contributed by atoms with Gasteiger partial charge in [0.2, 0.25) is 17.2 Å². The molecule has 36 heavy (non-hydrogen) atoms. The molecule has 1 aromatic rings. The summed E-state index contributed by atoms with van der Waals surface area (Å²) in [4.78, 5) is 108. The highest BCUT2D eigenvalue weighted by molar-refractivity contribution is 7.46. The molecule has 20 N–H and O–H groups in total. The lowest BCUT2D eigenvalue weighted by atomic mass is 10.2. The molecule has 0 radical (unpaired) electrons. The Labute approximate surface area is 196 Å². The van der Waals surface area contributed by atoms with Crippen LogP contribution < -0.4 is 0 Å². The van der Waals surface area contributed by atoms with Crippen LogP contribution in [0.1, 0.15) is 0 Å². The van der Waals surface area contributed by atoms with Gasteiger partial charge in [-0.05, 0) is 0 Å². The molecule has 220 valence electrons. The third-order valence-corrected chi connectivity index (χ3v) is 1.21. The van der Waals surface area contributed by atoms with Crippen molar-refractivity contribution in [3.8, 4) is 28.7 Å². The van der Waals surface area contributed by atoms with Crippen LogP contribution in [0.15, 0.2) is 6.07 Å². The van der Waals surface area contributed by atoms with E-state index in [1.165, 1.54) is 0 Å². The summed E-state index contributed by atoms with van der Waals surface area (Å²) in [6.07, 6.45) is 0. The van der Waals surface area contributed by atoms with Gasteiger partial charge in [0, 0.05) is 6.07 Å². The van der Waals surface area contributed by atoms with Gasteiger partial charge in [-0.25, -0.2) is 22.8 Å². The van der Waals surface area contributed by atoms with Crippen molar-refractivity contribution in [2.75, 3.05) is 0 Å². The molecule has 1 aromatic carbocycles. The molecule has 0 saturated heterocycles. The molecule has 1 rings (SSSR count). The molecule has 0 heterocycles. The lowest BCUT2D eigenvalue weighted by Crippen LogP contribution is -1.74. The molecule has 0 aromatic heterocycles. The Hall–Kier alpha value is -1.23. The monoisotopic (exact) mass is 648 g/mol. The Morgan fingerprint density at radius 2 is 0.444 bits per heavy atom. The van der Waals surface area contributed by atoms with Crippen molar-refractivity contribution < 1.29 is 122 Å². The van der Waals surface area contributed by atoms with Crippen LogP contribution in [0.25, 0.3) is 0 Å². The second-order valence-electron chi connectivity index (χ2n) is 4.53. The summed E-state index contributed by atoms with van der Waals surface area (Å²) in [5, 5.41) is 43.7. The maximum atomic E-state index is 8.88. The minimum absolute atomic E-state index is 0.696. The van der Waals surface area contributed by atoms with Crippen LogP contribution >= 0.6 is 39.1 Å². The Bertz CT molecular complexity index is 801. The summed E-state index contributed by atoms with van der Waals surface area (Å²) < 4.78 is 44.4. The first kappa shape index (κ1) is 44.7. The summed E-state index contributed by atoms with van der Waals surface area (Å²) in [6, 6.07) is 0.713. The van der Waals surface area contributed by atoms with Crippen LogP contribution in [0.4, 0.5) is 0 Å². The van der Waals surface area contributed by atoms with Crippen molar-refractivity contribution in [3.05, 3.63) is 6.07 Å². The van der Waals surface area contributed by atoms with E-state index in [1.807, 2.05) is 0 Å². The Balaban J connectivity index is -0.000000112. The van der Waals surface area contributed by atoms with E-state index >= 15 is 0 Å². The molecule has 0 aliphatic heterocycles. The van der Waals surface area contributed by atoms with Gasteiger partial charge >= 0.3 is 39.1 Å². The molecule has 0 aliphatic rings. The quantitative estimate of drug-likeness (QED) is 0.0716. The average Bonchev–Trinajstić information content (AvgIpc) is 2.42. The predicted molar refractivity (Wildman–Crippen MR) is 106 cm³/mol. The van der Waals surface area contributed by atoms with Gasteiger partial charge in [-0.15, -0.1) is 0 Å². The molecule has 0 aliphatic carbocycles. The molecule has 0 amide bonds. The Morgan fingerprint density at radius 1 is 0.333 bits per heavy atom. The van der Waals surface area contributed by atoms with Crippen LogP contribution in [-0.4, -0.2) is 98.9 Å². The zero-order chi connectivity index (χ0) is 31.1. The van der Waals surface area contributed by atoms with Crippen LogP contribution in [-0.2, 0) is 22.8 Å². The number of benzene rings is 1. The number of hydrogen-bond acceptors (Lipinski definition) is 10. The summed E-state index contributed by atoms with van der Waals surface area (Å²) in [5.74, 6) is -4.06. The van der Waals surface area contributed by atoms with Gasteiger partial charge in [-0.2, -0.15) is 0 Å². The fraction of sp³-hybridized carbons (Fsp3) is 0. The highest BCUT2D eigenvalue weighted by Gasteiger charge is 2.14. The van der Waals surface area contributed by atoms with Crippen LogP contribution in [0, 0.1) is 0 Å². The van der Waals surface area contributed by atoms with E-state index < -0.39 is 67.9 Å². The molecule has 30 heteroatoms. The fourth-order valence-electron chi connectivity index (χ4n) is 0.621. The smallest absolute Gasteiger partial charge is 0.466 e. The van der Waals surface area contributed by atoms with Crippen LogP contribution in [0.3, 0.4) is 0 Å². The van der Waals surface area contributed by atoms with Crippen molar-refractivity contribution in [3.63, 3.8) is 0 Å². The maximum Gasteiger partial charge on any atom is 0.466 e. The van der Waals surface area contributed by atoms with E-state index in [1.54, 1.807) is 0 Å². The van der Waals surface area contributed by atoms with Crippen molar-refractivity contribution in [2.45, 2.75) is 0 Å². The van der Waals surface area contributed by atoms with E-state index in [0.717, 1.165) is 0 Å². The van der Waals surface area contributed by atoms with E-state index in [2.05, 4.69) is 0 Å². The lowest BCUT2D eigenvalue weighted by Gasteiger charge is -2.03. The number of phenols is 5. The number of rotatable bonds is 0. The summed E-state index contributed by atoms with van der Waals surface area (Å²) in [6.45, 7) is 0. The molecular formula is C6H21O25P5. The van der Waals surface area contributed by atoms with Crippen LogP contribution in [0.5, 0.6) is 28.7 Å². The normalized spacial score (nSPS) is 11.2. The Morgan fingerprint density at radius 3 is 0.556 bits per heavy atom. The van der Waals surface area contributed by atoms with Crippen molar-refractivity contribution in [2.24, 2.45) is 0 Å². The SMILES string of the molecule is O=P(O)(O)O.O=P(O)(O)O.O=P(O)(O)O.O=P(O)(O)O.O=P(O)(O)O.Oc1cc(O)c(O)c(O)c1O. The summed E-state index contributed by atoms with van der Waals surface area (Å²) in [7, 11) is -23.2. The average molecular weight is 648 g/mol. The molecule has 0 spiro atoms. The molecule has 0 bridgehead atoms. The molecule has 0 unspecified atom stereocenters. The van der Waals surface area contributed by atoms with Crippen molar-refractivity contribution >= 4 is 39.1 Å². The van der Waals surface area contributed by atoms with Gasteiger partial charge in [-0.1, -0.05) is 0 Å². The van der Waals surface area contributed by atoms with Gasteiger partial charge in [-0.3, -0.25) is 0 Å². The maximum absolute atomic E-state index is 8.88. The Kier molecular flexibility index (Phi) is 22.5. The summed E-state index contributed by atoms with van der Waals surface area (Å²) >= 11 is 0. The highest BCUT2D eigenvalue weighted by atomic mass is 31.2. The van der Waals surface area contributed by atoms with Crippen LogP contribution in [0.2, 0.25) is 0 Å². The van der Waals surface area contributed by atoms with Crippen molar-refractivity contribution in [1.29, 1.82) is 0 Å². The highest BCUT2D eigenvalue weighted by Crippen LogP contribution is 2.46. The number of hydrogen-bond donors (Lipinski definition) is 20. The van der Waals surface area contributed by atoms with E-state index in [4.69, 9.17) is 122 Å². The minimum atomic E-state index is -4.64. The third-order valence-electron chi connectivity index (χ3n) is 1.21. The first-order valence-electron chi connectivity index (χ1n) is 6.61. The number of phenolic OH excluding ortho intramolecular Hbond substituents is 5. The lowest BCUT2D eigenvalue weighted by molar-refractivity contribution is 0.272. The van der Waals surface area contributed by atoms with Gasteiger partial charge in [0.25, 0.3) is 0 Å². The molecule has 0 fully saturated rings. The second kappa shape index (κ2) is 18.1. The fourth-order valence-corrected chi connectivity index (χ4v) is 0.621. The number of aromatic hydroxyl groups is 5.